The van der Waals surface area contributed by atoms with Crippen molar-refractivity contribution >= 4 is 42.2 Å². The van der Waals surface area contributed by atoms with Crippen LogP contribution in [0.1, 0.15) is 0 Å². The van der Waals surface area contributed by atoms with Crippen molar-refractivity contribution in [3.05, 3.63) is 0 Å². The summed E-state index contributed by atoms with van der Waals surface area (Å²) in [5, 5.41) is 0. The van der Waals surface area contributed by atoms with Crippen LogP contribution in [0.3, 0.4) is 0 Å². The van der Waals surface area contributed by atoms with Crippen LogP contribution in [-0.4, -0.2) is 0 Å². The van der Waals surface area contributed by atoms with E-state index in [4.69, 9.17) is 0 Å². The molecule has 0 unspecified atom stereocenters. The zero-order valence-corrected chi connectivity index (χ0v) is 9.20. The zero-order chi connectivity index (χ0) is 4.00. The molecule has 0 atom stereocenters. The fourth-order valence-corrected chi connectivity index (χ4v) is 0. The van der Waals surface area contributed by atoms with Crippen molar-refractivity contribution in [2.75, 3.05) is 0 Å². The molecule has 0 saturated carbocycles. The molecule has 0 aliphatic carbocycles. The second-order valence-corrected chi connectivity index (χ2v) is 0. The van der Waals surface area contributed by atoms with Gasteiger partial charge in [-0.3, -0.25) is 0 Å². The molecule has 0 heterocycles. The van der Waals surface area contributed by atoms with Crippen LogP contribution in [0.25, 0.3) is 0 Å². The van der Waals surface area contributed by atoms with E-state index in [-0.39, 0.29) is 22.4 Å². The second-order valence-electron chi connectivity index (χ2n) is 0. The van der Waals surface area contributed by atoms with E-state index < -0.39 is 0 Å². The Hall–Kier alpha value is 2.98. The van der Waals surface area contributed by atoms with Crippen molar-refractivity contribution in [3.63, 3.8) is 0 Å². The first-order valence-corrected chi connectivity index (χ1v) is 7.00. The Morgan fingerprint density at radius 2 is 1.40 bits per heavy atom. The van der Waals surface area contributed by atoms with Gasteiger partial charge in [0.25, 0.3) is 0 Å². The third-order valence-corrected chi connectivity index (χ3v) is 0. The van der Waals surface area contributed by atoms with Gasteiger partial charge in [-0.1, -0.05) is 0 Å². The molecule has 0 nitrogen and oxygen atoms in total. The van der Waals surface area contributed by atoms with Crippen molar-refractivity contribution in [1.82, 2.24) is 0 Å². The van der Waals surface area contributed by atoms with Crippen molar-refractivity contribution in [3.8, 4) is 0 Å². The van der Waals surface area contributed by atoms with Gasteiger partial charge in [0.05, 0.1) is 0 Å². The van der Waals surface area contributed by atoms with E-state index in [1.165, 1.54) is 0 Å². The molecule has 0 fully saturated rings. The fraction of sp³-hybridized carbons (Fsp3) is 0. The predicted octanol–water partition coefficient (Wildman–Crippen LogP) is 2.42. The van der Waals surface area contributed by atoms with Gasteiger partial charge in [0.2, 0.25) is 0 Å². The molecule has 0 aromatic rings. The number of halogens is 3. The number of hydrogen-bond donors (Lipinski definition) is 0. The standard InChI is InChI=1S/2Ag.BrI.ClH/c;;1-2;/h;;;1H/q;+1;;/p-1. The Morgan fingerprint density at radius 3 is 1.40 bits per heavy atom. The first kappa shape index (κ1) is 15.7. The molecule has 1 radical (unpaired) electrons. The molecular weight excluding hydrogens is 458 g/mol. The van der Waals surface area contributed by atoms with Gasteiger partial charge in [-0.25, -0.2) is 0 Å². The SMILES string of the molecule is BrI.[Ag].[Cl][Ag]. The Morgan fingerprint density at radius 1 is 1.40 bits per heavy atom. The monoisotopic (exact) mass is 455 g/mol. The third-order valence-electron chi connectivity index (χ3n) is 0. The van der Waals surface area contributed by atoms with Crippen LogP contribution in [0.2, 0.25) is 0 Å². The topological polar surface area (TPSA) is 0 Å². The van der Waals surface area contributed by atoms with Gasteiger partial charge >= 0.3 is 29.2 Å². The molecule has 0 spiro atoms. The molecule has 0 amide bonds. The van der Waals surface area contributed by atoms with Gasteiger partial charge in [-0.15, -0.1) is 0 Å². The molecule has 0 bridgehead atoms. The first-order chi connectivity index (χ1) is 2.00. The zero-order valence-electron chi connectivity index (χ0n) is 1.74. The van der Waals surface area contributed by atoms with Gasteiger partial charge in [0.1, 0.15) is 0 Å². The van der Waals surface area contributed by atoms with Crippen LogP contribution in [0.4, 0.5) is 0 Å². The van der Waals surface area contributed by atoms with Crippen LogP contribution < -0.4 is 0 Å². The first-order valence-electron chi connectivity index (χ1n) is 0.257. The summed E-state index contributed by atoms with van der Waals surface area (Å²) in [6.07, 6.45) is 0. The van der Waals surface area contributed by atoms with Crippen LogP contribution in [0.15, 0.2) is 0 Å². The van der Waals surface area contributed by atoms with E-state index in [1.807, 2.05) is 20.4 Å². The minimum atomic E-state index is 0. The Balaban J connectivity index is -0.0000000133. The summed E-state index contributed by atoms with van der Waals surface area (Å²) in [5.41, 5.74) is 0. The number of rotatable bonds is 0. The van der Waals surface area contributed by atoms with E-state index in [0.29, 0.717) is 0 Å². The van der Waals surface area contributed by atoms with Crippen molar-refractivity contribution in [2.45, 2.75) is 0 Å². The van der Waals surface area contributed by atoms with Gasteiger partial charge in [0, 0.05) is 42.7 Å². The summed E-state index contributed by atoms with van der Waals surface area (Å²) in [4.78, 5) is 0. The van der Waals surface area contributed by atoms with Gasteiger partial charge < -0.3 is 0 Å². The fourth-order valence-electron chi connectivity index (χ4n) is 0. The van der Waals surface area contributed by atoms with E-state index in [1.54, 1.807) is 0 Å². The molecule has 0 saturated heterocycles. The molecule has 0 N–H and O–H groups in total. The van der Waals surface area contributed by atoms with Crippen molar-refractivity contribution in [2.24, 2.45) is 0 Å². The van der Waals surface area contributed by atoms with Gasteiger partial charge in [-0.2, -0.15) is 0 Å². The Kier molecular flexibility index (Phi) is 88.1. The number of hydrogen-bond acceptors (Lipinski definition) is 0. The van der Waals surface area contributed by atoms with E-state index >= 15 is 0 Å². The van der Waals surface area contributed by atoms with E-state index in [2.05, 4.69) is 41.9 Å². The van der Waals surface area contributed by atoms with Crippen LogP contribution in [0, 0.1) is 0 Å². The normalized spacial score (nSPS) is 2.60. The molecule has 5 heavy (non-hydrogen) atoms. The summed E-state index contributed by atoms with van der Waals surface area (Å²) in [6, 6.07) is 0. The van der Waals surface area contributed by atoms with Gasteiger partial charge in [-0.05, 0) is 12.7 Å². The molecular formula is Ag2BrClI. The summed E-state index contributed by atoms with van der Waals surface area (Å²) in [5.74, 6) is 0. The van der Waals surface area contributed by atoms with E-state index in [9.17, 15) is 0 Å². The molecule has 0 aliphatic rings. The maximum atomic E-state index is 4.45. The summed E-state index contributed by atoms with van der Waals surface area (Å²) >= 11 is 7.29. The quantitative estimate of drug-likeness (QED) is 0.387. The minimum absolute atomic E-state index is 0. The van der Waals surface area contributed by atoms with Crippen LogP contribution in [-0.2, 0) is 42.4 Å². The molecule has 0 aromatic heterocycles. The average Bonchev–Trinajstić information content (AvgIpc) is 1.50. The molecule has 5 heteroatoms. The predicted molar refractivity (Wildman–Crippen MR) is 28.8 cm³/mol. The Labute approximate surface area is 82.9 Å². The average molecular weight is 458 g/mol. The van der Waals surface area contributed by atoms with Crippen molar-refractivity contribution in [1.29, 1.82) is 0 Å². The second kappa shape index (κ2) is 28.1. The van der Waals surface area contributed by atoms with Crippen LogP contribution >= 0.6 is 42.2 Å². The van der Waals surface area contributed by atoms with Crippen LogP contribution in [0.5, 0.6) is 0 Å². The molecule has 43 valence electrons. The van der Waals surface area contributed by atoms with Gasteiger partial charge in [0.15, 0.2) is 0 Å². The summed E-state index contributed by atoms with van der Waals surface area (Å²) < 4.78 is 0. The van der Waals surface area contributed by atoms with E-state index in [0.717, 1.165) is 0 Å². The summed E-state index contributed by atoms with van der Waals surface area (Å²) in [7, 11) is 4.45. The summed E-state index contributed by atoms with van der Waals surface area (Å²) in [6.45, 7) is 0. The Bertz CT molecular complexity index is 9.61. The molecule has 0 aliphatic heterocycles. The third kappa shape index (κ3) is 19.5. The maximum absolute atomic E-state index is 4.45. The van der Waals surface area contributed by atoms with Crippen molar-refractivity contribution < 1.29 is 42.4 Å². The molecule has 0 aromatic carbocycles. The molecule has 0 rings (SSSR count).